The van der Waals surface area contributed by atoms with E-state index in [9.17, 15) is 4.79 Å². The number of hydrogen-bond donors (Lipinski definition) is 0. The van der Waals surface area contributed by atoms with Gasteiger partial charge in [-0.1, -0.05) is 11.2 Å². The van der Waals surface area contributed by atoms with E-state index in [1.807, 2.05) is 36.2 Å². The van der Waals surface area contributed by atoms with E-state index in [1.165, 1.54) is 0 Å². The fourth-order valence-electron chi connectivity index (χ4n) is 3.04. The maximum absolute atomic E-state index is 11.5. The van der Waals surface area contributed by atoms with Gasteiger partial charge in [0.15, 0.2) is 5.76 Å². The van der Waals surface area contributed by atoms with Crippen LogP contribution in [0.1, 0.15) is 18.6 Å². The van der Waals surface area contributed by atoms with Gasteiger partial charge in [-0.2, -0.15) is 0 Å². The molecule has 2 aromatic rings. The van der Waals surface area contributed by atoms with E-state index < -0.39 is 0 Å². The zero-order valence-corrected chi connectivity index (χ0v) is 13.6. The molecule has 0 aromatic carbocycles. The predicted molar refractivity (Wildman–Crippen MR) is 86.4 cm³/mol. The van der Waals surface area contributed by atoms with Crippen molar-refractivity contribution in [2.75, 3.05) is 27.2 Å². The molecule has 1 aliphatic rings. The third-order valence-electron chi connectivity index (χ3n) is 4.21. The summed E-state index contributed by atoms with van der Waals surface area (Å²) in [6, 6.07) is 7.67. The number of hydrogen-bond acceptors (Lipinski definition) is 5. The van der Waals surface area contributed by atoms with Crippen molar-refractivity contribution in [1.82, 2.24) is 19.9 Å². The fraction of sp³-hybridized carbons (Fsp3) is 0.471. The number of likely N-dealkylation sites (tertiary alicyclic amines) is 1. The Balaban J connectivity index is 1.55. The van der Waals surface area contributed by atoms with Gasteiger partial charge in [-0.05, 0) is 31.5 Å². The molecule has 6 nitrogen and oxygen atoms in total. The molecule has 0 saturated carbocycles. The highest BCUT2D eigenvalue weighted by Crippen LogP contribution is 2.20. The van der Waals surface area contributed by atoms with Crippen LogP contribution in [0.4, 0.5) is 0 Å². The number of piperidine rings is 1. The molecule has 6 heteroatoms. The molecule has 1 amide bonds. The number of aromatic nitrogens is 2. The summed E-state index contributed by atoms with van der Waals surface area (Å²) >= 11 is 0. The molecule has 1 saturated heterocycles. The summed E-state index contributed by atoms with van der Waals surface area (Å²) < 4.78 is 5.42. The monoisotopic (exact) mass is 314 g/mol. The van der Waals surface area contributed by atoms with Gasteiger partial charge in [0, 0.05) is 38.8 Å². The summed E-state index contributed by atoms with van der Waals surface area (Å²) in [7, 11) is 3.95. The predicted octanol–water partition coefficient (Wildman–Crippen LogP) is 2.04. The van der Waals surface area contributed by atoms with E-state index in [2.05, 4.69) is 22.1 Å². The number of rotatable bonds is 5. The van der Waals surface area contributed by atoms with Crippen LogP contribution in [0, 0.1) is 5.92 Å². The minimum absolute atomic E-state index is 0.249. The highest BCUT2D eigenvalue weighted by Gasteiger charge is 2.24. The molecular weight excluding hydrogens is 292 g/mol. The Hall–Kier alpha value is -2.21. The van der Waals surface area contributed by atoms with Crippen molar-refractivity contribution < 1.29 is 9.32 Å². The van der Waals surface area contributed by atoms with Gasteiger partial charge < -0.3 is 9.42 Å². The number of carbonyl (C=O) groups excluding carboxylic acids is 1. The second-order valence-corrected chi connectivity index (χ2v) is 6.27. The molecule has 0 N–H and O–H groups in total. The maximum Gasteiger partial charge on any atom is 0.222 e. The molecule has 3 rings (SSSR count). The lowest BCUT2D eigenvalue weighted by Crippen LogP contribution is -2.41. The van der Waals surface area contributed by atoms with Crippen molar-refractivity contribution >= 4 is 5.91 Å². The molecule has 1 unspecified atom stereocenters. The number of carbonyl (C=O) groups is 1. The number of amides is 1. The Morgan fingerprint density at radius 2 is 2.26 bits per heavy atom. The molecule has 23 heavy (non-hydrogen) atoms. The minimum atomic E-state index is 0.249. The Morgan fingerprint density at radius 3 is 3.00 bits per heavy atom. The highest BCUT2D eigenvalue weighted by molar-refractivity contribution is 5.76. The molecule has 1 atom stereocenters. The molecule has 3 heterocycles. The summed E-state index contributed by atoms with van der Waals surface area (Å²) in [5.74, 6) is 1.59. The van der Waals surface area contributed by atoms with Crippen molar-refractivity contribution in [2.45, 2.75) is 19.4 Å². The molecule has 1 aliphatic heterocycles. The molecular formula is C17H22N4O2. The van der Waals surface area contributed by atoms with Gasteiger partial charge in [0.2, 0.25) is 5.91 Å². The van der Waals surface area contributed by atoms with Gasteiger partial charge in [0.1, 0.15) is 5.69 Å². The van der Waals surface area contributed by atoms with Crippen LogP contribution < -0.4 is 0 Å². The van der Waals surface area contributed by atoms with E-state index in [1.54, 1.807) is 6.20 Å². The van der Waals surface area contributed by atoms with Crippen molar-refractivity contribution in [1.29, 1.82) is 0 Å². The van der Waals surface area contributed by atoms with Gasteiger partial charge in [0.25, 0.3) is 0 Å². The normalized spacial score (nSPS) is 18.7. The molecule has 0 radical (unpaired) electrons. The molecule has 0 bridgehead atoms. The van der Waals surface area contributed by atoms with Crippen LogP contribution in [0.15, 0.2) is 35.0 Å². The standard InChI is InChI=1S/C17H22N4O2/c1-20(10-13-6-7-17(22)21(2)11-13)12-14-9-16(19-23-14)15-5-3-4-8-18-15/h3-5,8-9,13H,6-7,10-12H2,1-2H3. The lowest BCUT2D eigenvalue weighted by Gasteiger charge is -2.32. The first-order chi connectivity index (χ1) is 11.1. The molecule has 0 aliphatic carbocycles. The first kappa shape index (κ1) is 15.7. The lowest BCUT2D eigenvalue weighted by molar-refractivity contribution is -0.133. The first-order valence-corrected chi connectivity index (χ1v) is 7.91. The lowest BCUT2D eigenvalue weighted by atomic mass is 9.97. The quantitative estimate of drug-likeness (QED) is 0.845. The average molecular weight is 314 g/mol. The Kier molecular flexibility index (Phi) is 4.71. The van der Waals surface area contributed by atoms with E-state index >= 15 is 0 Å². The number of pyridine rings is 1. The zero-order chi connectivity index (χ0) is 16.2. The third kappa shape index (κ3) is 3.96. The summed E-state index contributed by atoms with van der Waals surface area (Å²) in [6.45, 7) is 2.48. The summed E-state index contributed by atoms with van der Waals surface area (Å²) in [5.41, 5.74) is 1.58. The molecule has 0 spiro atoms. The van der Waals surface area contributed by atoms with Gasteiger partial charge in [0.05, 0.1) is 12.2 Å². The highest BCUT2D eigenvalue weighted by atomic mass is 16.5. The minimum Gasteiger partial charge on any atom is -0.359 e. The molecule has 122 valence electrons. The largest absolute Gasteiger partial charge is 0.359 e. The zero-order valence-electron chi connectivity index (χ0n) is 13.6. The molecule has 2 aromatic heterocycles. The van der Waals surface area contributed by atoms with Gasteiger partial charge in [-0.3, -0.25) is 14.7 Å². The van der Waals surface area contributed by atoms with Gasteiger partial charge >= 0.3 is 0 Å². The van der Waals surface area contributed by atoms with Crippen LogP contribution in [0.2, 0.25) is 0 Å². The van der Waals surface area contributed by atoms with Crippen molar-refractivity contribution in [3.05, 3.63) is 36.2 Å². The van der Waals surface area contributed by atoms with E-state index in [-0.39, 0.29) is 5.91 Å². The smallest absolute Gasteiger partial charge is 0.222 e. The van der Waals surface area contributed by atoms with Gasteiger partial charge in [-0.25, -0.2) is 0 Å². The van der Waals surface area contributed by atoms with Crippen LogP contribution in [0.25, 0.3) is 11.4 Å². The maximum atomic E-state index is 11.5. The van der Waals surface area contributed by atoms with Crippen molar-refractivity contribution in [2.24, 2.45) is 5.92 Å². The summed E-state index contributed by atoms with van der Waals surface area (Å²) in [6.07, 6.45) is 3.36. The SMILES string of the molecule is CN(Cc1cc(-c2ccccn2)no1)CC1CCC(=O)N(C)C1. The van der Waals surface area contributed by atoms with Gasteiger partial charge in [-0.15, -0.1) is 0 Å². The Labute approximate surface area is 136 Å². The summed E-state index contributed by atoms with van der Waals surface area (Å²) in [5, 5.41) is 4.09. The second-order valence-electron chi connectivity index (χ2n) is 6.27. The summed E-state index contributed by atoms with van der Waals surface area (Å²) in [4.78, 5) is 19.9. The molecule has 1 fully saturated rings. The van der Waals surface area contributed by atoms with E-state index in [0.717, 1.165) is 36.7 Å². The topological polar surface area (TPSA) is 62.5 Å². The number of nitrogens with zero attached hydrogens (tertiary/aromatic N) is 4. The van der Waals surface area contributed by atoms with Crippen LogP contribution in [0.3, 0.4) is 0 Å². The van der Waals surface area contributed by atoms with Crippen LogP contribution in [0.5, 0.6) is 0 Å². The Morgan fingerprint density at radius 1 is 1.39 bits per heavy atom. The van der Waals surface area contributed by atoms with Crippen LogP contribution >= 0.6 is 0 Å². The van der Waals surface area contributed by atoms with Crippen LogP contribution in [-0.4, -0.2) is 53.0 Å². The van der Waals surface area contributed by atoms with Crippen molar-refractivity contribution in [3.8, 4) is 11.4 Å². The Bertz CT molecular complexity index is 656. The van der Waals surface area contributed by atoms with E-state index in [4.69, 9.17) is 4.52 Å². The van der Waals surface area contributed by atoms with E-state index in [0.29, 0.717) is 18.9 Å². The van der Waals surface area contributed by atoms with Crippen LogP contribution in [-0.2, 0) is 11.3 Å². The van der Waals surface area contributed by atoms with Crippen molar-refractivity contribution in [3.63, 3.8) is 0 Å². The fourth-order valence-corrected chi connectivity index (χ4v) is 3.04. The second kappa shape index (κ2) is 6.91. The third-order valence-corrected chi connectivity index (χ3v) is 4.21. The average Bonchev–Trinajstić information content (AvgIpc) is 3.00. The first-order valence-electron chi connectivity index (χ1n) is 7.91.